The molecular weight excluding hydrogens is 933 g/mol. The number of rotatable bonds is 4. The summed E-state index contributed by atoms with van der Waals surface area (Å²) >= 11 is 0. The minimum Gasteiger partial charge on any atom is -0.481 e. The summed E-state index contributed by atoms with van der Waals surface area (Å²) in [5.74, 6) is -1.67. The standard InChI is InChI=1S/2C23H15N2.2C2H4O2.2Pd/c2*1-2-8-18(9-3-1)25-22-12-5-4-10-19(22)20-14-13-17(16-23(20)25)21-11-6-7-15-24-21;2*1-2(3)4;;/h2*1-12,14-16H;2*1H3,(H,3,4);;/q2*-1;;;;. The summed E-state index contributed by atoms with van der Waals surface area (Å²) < 4.78 is 4.62. The van der Waals surface area contributed by atoms with Crippen LogP contribution in [0.2, 0.25) is 0 Å². The molecule has 0 unspecified atom stereocenters. The van der Waals surface area contributed by atoms with Crippen LogP contribution in [0.5, 0.6) is 0 Å². The number of aliphatic carboxylic acids is 2. The zero-order valence-corrected chi connectivity index (χ0v) is 35.6. The number of aromatic nitrogens is 4. The molecule has 0 amide bonds. The number of hydrogen-bond acceptors (Lipinski definition) is 4. The quantitative estimate of drug-likeness (QED) is 0.134. The summed E-state index contributed by atoms with van der Waals surface area (Å²) in [6.07, 6.45) is 3.64. The second-order valence-corrected chi connectivity index (χ2v) is 13.1. The molecule has 0 atom stereocenters. The summed E-state index contributed by atoms with van der Waals surface area (Å²) in [4.78, 5) is 26.9. The van der Waals surface area contributed by atoms with Crippen molar-refractivity contribution >= 4 is 55.6 Å². The number of para-hydroxylation sites is 4. The van der Waals surface area contributed by atoms with Gasteiger partial charge in [-0.15, -0.1) is 47.5 Å². The zero-order chi connectivity index (χ0) is 40.4. The normalized spacial score (nSPS) is 10.2. The molecule has 0 saturated heterocycles. The van der Waals surface area contributed by atoms with Gasteiger partial charge in [-0.2, -0.15) is 0 Å². The molecule has 0 fully saturated rings. The van der Waals surface area contributed by atoms with Gasteiger partial charge in [0.05, 0.1) is 0 Å². The third-order valence-corrected chi connectivity index (χ3v) is 9.12. The van der Waals surface area contributed by atoms with Crippen molar-refractivity contribution in [3.8, 4) is 33.9 Å². The zero-order valence-electron chi connectivity index (χ0n) is 32.5. The fourth-order valence-corrected chi connectivity index (χ4v) is 6.86. The Morgan fingerprint density at radius 3 is 1.13 bits per heavy atom. The molecule has 0 aliphatic rings. The Labute approximate surface area is 375 Å². The van der Waals surface area contributed by atoms with E-state index in [2.05, 4.69) is 153 Å². The van der Waals surface area contributed by atoms with Gasteiger partial charge in [0.25, 0.3) is 11.9 Å². The van der Waals surface area contributed by atoms with Crippen LogP contribution < -0.4 is 0 Å². The number of pyridine rings is 2. The molecule has 0 spiro atoms. The molecule has 0 aliphatic heterocycles. The van der Waals surface area contributed by atoms with Gasteiger partial charge in [0.15, 0.2) is 0 Å². The van der Waals surface area contributed by atoms with Crippen LogP contribution in [0, 0.1) is 12.1 Å². The SMILES string of the molecule is CC(=O)O.CC(=O)O.[Pd].[Pd].[c-]1cc2c3ccccc3n(-c3ccccc3)c2cc1-c1ccccn1.[c-]1cc2c3ccccc3n(-c3ccccc3)c2cc1-c1ccccn1. The van der Waals surface area contributed by atoms with Gasteiger partial charge in [-0.25, -0.2) is 0 Å². The molecule has 8 nitrogen and oxygen atoms in total. The number of benzene rings is 6. The number of hydrogen-bond donors (Lipinski definition) is 2. The van der Waals surface area contributed by atoms with E-state index in [1.807, 2.05) is 60.9 Å². The molecule has 0 aliphatic carbocycles. The van der Waals surface area contributed by atoms with E-state index in [1.165, 1.54) is 43.6 Å². The van der Waals surface area contributed by atoms with Crippen molar-refractivity contribution in [3.05, 3.63) is 194 Å². The van der Waals surface area contributed by atoms with Gasteiger partial charge >= 0.3 is 0 Å². The number of carboxylic acid groups (broad SMARTS) is 2. The molecule has 4 aromatic heterocycles. The van der Waals surface area contributed by atoms with E-state index in [4.69, 9.17) is 19.8 Å². The molecule has 4 heterocycles. The third kappa shape index (κ3) is 10.2. The van der Waals surface area contributed by atoms with Gasteiger partial charge in [-0.1, -0.05) is 108 Å². The maximum absolute atomic E-state index is 9.00. The molecule has 10 rings (SSSR count). The smallest absolute Gasteiger partial charge is 0.300 e. The van der Waals surface area contributed by atoms with E-state index in [-0.39, 0.29) is 40.8 Å². The first-order valence-corrected chi connectivity index (χ1v) is 18.5. The van der Waals surface area contributed by atoms with Crippen LogP contribution in [0.15, 0.2) is 182 Å². The van der Waals surface area contributed by atoms with Crippen LogP contribution >= 0.6 is 0 Å². The second kappa shape index (κ2) is 21.0. The molecule has 0 bridgehead atoms. The predicted molar refractivity (Wildman–Crippen MR) is 232 cm³/mol. The van der Waals surface area contributed by atoms with Crippen LogP contribution in [0.25, 0.3) is 77.5 Å². The second-order valence-electron chi connectivity index (χ2n) is 13.1. The van der Waals surface area contributed by atoms with E-state index in [1.54, 1.807) is 0 Å². The number of nitrogens with zero attached hydrogens (tertiary/aromatic N) is 4. The molecular formula is C50H38N4O4Pd2-2. The number of fused-ring (bicyclic) bond motifs is 6. The van der Waals surface area contributed by atoms with Crippen LogP contribution in [-0.2, 0) is 50.4 Å². The maximum Gasteiger partial charge on any atom is 0.300 e. The van der Waals surface area contributed by atoms with Crippen molar-refractivity contribution in [1.82, 2.24) is 19.1 Å². The minimum absolute atomic E-state index is 0. The van der Waals surface area contributed by atoms with Crippen molar-refractivity contribution in [2.75, 3.05) is 0 Å². The van der Waals surface area contributed by atoms with Gasteiger partial charge in [-0.05, 0) is 81.7 Å². The summed E-state index contributed by atoms with van der Waals surface area (Å²) in [5.41, 5.74) is 11.0. The van der Waals surface area contributed by atoms with Crippen molar-refractivity contribution in [3.63, 3.8) is 0 Å². The van der Waals surface area contributed by atoms with E-state index in [0.717, 1.165) is 47.7 Å². The summed E-state index contributed by atoms with van der Waals surface area (Å²) in [7, 11) is 0. The van der Waals surface area contributed by atoms with Crippen LogP contribution in [-0.4, -0.2) is 41.3 Å². The summed E-state index contributed by atoms with van der Waals surface area (Å²) in [6, 6.07) is 65.3. The molecule has 2 N–H and O–H groups in total. The Hall–Kier alpha value is -6.52. The average molecular weight is 972 g/mol. The molecule has 0 saturated carbocycles. The topological polar surface area (TPSA) is 110 Å². The monoisotopic (exact) mass is 970 g/mol. The van der Waals surface area contributed by atoms with E-state index in [0.29, 0.717) is 0 Å². The summed E-state index contributed by atoms with van der Waals surface area (Å²) in [5, 5.41) is 19.7. The maximum atomic E-state index is 9.00. The largest absolute Gasteiger partial charge is 0.481 e. The third-order valence-electron chi connectivity index (χ3n) is 9.12. The van der Waals surface area contributed by atoms with Crippen LogP contribution in [0.4, 0.5) is 0 Å². The van der Waals surface area contributed by atoms with Gasteiger partial charge < -0.3 is 29.3 Å². The van der Waals surface area contributed by atoms with Gasteiger partial charge in [0.1, 0.15) is 0 Å². The molecule has 304 valence electrons. The molecule has 10 heteroatoms. The van der Waals surface area contributed by atoms with Crippen LogP contribution in [0.3, 0.4) is 0 Å². The molecule has 6 aromatic carbocycles. The Kier molecular flexibility index (Phi) is 15.6. The van der Waals surface area contributed by atoms with Crippen molar-refractivity contribution in [2.45, 2.75) is 13.8 Å². The van der Waals surface area contributed by atoms with E-state index < -0.39 is 11.9 Å². The Balaban J connectivity index is 0.000000188. The van der Waals surface area contributed by atoms with Gasteiger partial charge in [-0.3, -0.25) is 9.59 Å². The molecule has 0 radical (unpaired) electrons. The van der Waals surface area contributed by atoms with E-state index >= 15 is 0 Å². The Morgan fingerprint density at radius 1 is 0.450 bits per heavy atom. The van der Waals surface area contributed by atoms with E-state index in [9.17, 15) is 0 Å². The predicted octanol–water partition coefficient (Wildman–Crippen LogP) is 11.5. The van der Waals surface area contributed by atoms with Gasteiger partial charge in [0, 0.05) is 89.5 Å². The number of carbonyl (C=O) groups is 2. The van der Waals surface area contributed by atoms with Crippen LogP contribution in [0.1, 0.15) is 13.8 Å². The first kappa shape index (κ1) is 44.6. The Bertz CT molecular complexity index is 2760. The average Bonchev–Trinajstić information content (AvgIpc) is 3.77. The minimum atomic E-state index is -0.833. The number of carboxylic acids is 2. The van der Waals surface area contributed by atoms with Gasteiger partial charge in [0.2, 0.25) is 0 Å². The van der Waals surface area contributed by atoms with Crippen molar-refractivity contribution in [1.29, 1.82) is 0 Å². The Morgan fingerprint density at radius 2 is 0.783 bits per heavy atom. The molecule has 10 aromatic rings. The van der Waals surface area contributed by atoms with Crippen molar-refractivity contribution in [2.24, 2.45) is 0 Å². The first-order chi connectivity index (χ1) is 28.3. The first-order valence-electron chi connectivity index (χ1n) is 18.5. The fourth-order valence-electron chi connectivity index (χ4n) is 6.86. The van der Waals surface area contributed by atoms with Crippen molar-refractivity contribution < 1.29 is 60.6 Å². The molecule has 60 heavy (non-hydrogen) atoms. The fraction of sp³-hybridized carbons (Fsp3) is 0.0400. The summed E-state index contributed by atoms with van der Waals surface area (Å²) in [6.45, 7) is 2.17.